The molecule has 1 fully saturated rings. The largest absolute Gasteiger partial charge is 0.465 e. The summed E-state index contributed by atoms with van der Waals surface area (Å²) in [5, 5.41) is 4.27. The predicted molar refractivity (Wildman–Crippen MR) is 73.1 cm³/mol. The van der Waals surface area contributed by atoms with E-state index in [1.807, 2.05) is 0 Å². The van der Waals surface area contributed by atoms with Crippen LogP contribution < -0.4 is 5.32 Å². The number of aromatic nitrogens is 1. The minimum Gasteiger partial charge on any atom is -0.465 e. The van der Waals surface area contributed by atoms with Gasteiger partial charge in [0, 0.05) is 6.04 Å². The topological polar surface area (TPSA) is 51.2 Å². The van der Waals surface area contributed by atoms with Crippen LogP contribution in [0.15, 0.2) is 6.20 Å². The van der Waals surface area contributed by atoms with Crippen molar-refractivity contribution < 1.29 is 9.53 Å². The molecule has 0 aliphatic heterocycles. The molecule has 2 atom stereocenters. The number of nitrogens with zero attached hydrogens (tertiary/aromatic N) is 1. The number of hydrogen-bond acceptors (Lipinski definition) is 5. The molecule has 1 aromatic heterocycles. The first-order valence-electron chi connectivity index (χ1n) is 6.53. The van der Waals surface area contributed by atoms with E-state index in [9.17, 15) is 4.79 Å². The number of nitrogens with one attached hydrogen (secondary N) is 1. The number of rotatable bonds is 4. The Hall–Kier alpha value is -1.10. The monoisotopic (exact) mass is 268 g/mol. The van der Waals surface area contributed by atoms with Gasteiger partial charge < -0.3 is 10.1 Å². The van der Waals surface area contributed by atoms with Crippen LogP contribution in [-0.4, -0.2) is 24.1 Å². The van der Waals surface area contributed by atoms with Crippen molar-refractivity contribution in [3.63, 3.8) is 0 Å². The second kappa shape index (κ2) is 6.18. The van der Waals surface area contributed by atoms with Gasteiger partial charge in [-0.25, -0.2) is 9.78 Å². The second-order valence-electron chi connectivity index (χ2n) is 4.80. The standard InChI is InChI=1S/C13H20N2O2S/c1-3-9-5-4-6-10(7-9)15-13-14-8-11(18-13)12(16)17-2/h8-10H,3-7H2,1-2H3,(H,14,15). The summed E-state index contributed by atoms with van der Waals surface area (Å²) in [4.78, 5) is 16.1. The Morgan fingerprint density at radius 3 is 3.17 bits per heavy atom. The van der Waals surface area contributed by atoms with E-state index in [2.05, 4.69) is 22.0 Å². The van der Waals surface area contributed by atoms with Gasteiger partial charge in [-0.3, -0.25) is 0 Å². The summed E-state index contributed by atoms with van der Waals surface area (Å²) >= 11 is 1.37. The fourth-order valence-electron chi connectivity index (χ4n) is 2.50. The molecule has 100 valence electrons. The van der Waals surface area contributed by atoms with E-state index >= 15 is 0 Å². The minimum atomic E-state index is -0.310. The highest BCUT2D eigenvalue weighted by molar-refractivity contribution is 7.17. The Morgan fingerprint density at radius 1 is 1.61 bits per heavy atom. The summed E-state index contributed by atoms with van der Waals surface area (Å²) < 4.78 is 4.68. The van der Waals surface area contributed by atoms with E-state index < -0.39 is 0 Å². The van der Waals surface area contributed by atoms with Crippen molar-refractivity contribution in [2.75, 3.05) is 12.4 Å². The first kappa shape index (κ1) is 13.3. The molecule has 0 spiro atoms. The lowest BCUT2D eigenvalue weighted by Crippen LogP contribution is -2.26. The molecule has 1 aromatic rings. The molecule has 5 heteroatoms. The van der Waals surface area contributed by atoms with Crippen molar-refractivity contribution in [3.05, 3.63) is 11.1 Å². The van der Waals surface area contributed by atoms with E-state index in [1.54, 1.807) is 6.20 Å². The first-order valence-corrected chi connectivity index (χ1v) is 7.35. The molecule has 2 rings (SSSR count). The van der Waals surface area contributed by atoms with Gasteiger partial charge in [-0.1, -0.05) is 37.5 Å². The maximum absolute atomic E-state index is 11.3. The molecule has 1 N–H and O–H groups in total. The molecule has 0 amide bonds. The van der Waals surface area contributed by atoms with Crippen LogP contribution >= 0.6 is 11.3 Å². The molecular formula is C13H20N2O2S. The molecule has 0 bridgehead atoms. The van der Waals surface area contributed by atoms with Crippen molar-refractivity contribution in [2.24, 2.45) is 5.92 Å². The minimum absolute atomic E-state index is 0.310. The van der Waals surface area contributed by atoms with Gasteiger partial charge in [-0.2, -0.15) is 0 Å². The number of carbonyl (C=O) groups excluding carboxylic acids is 1. The van der Waals surface area contributed by atoms with Gasteiger partial charge in [-0.05, 0) is 18.8 Å². The summed E-state index contributed by atoms with van der Waals surface area (Å²) in [6.45, 7) is 2.26. The van der Waals surface area contributed by atoms with Gasteiger partial charge in [0.25, 0.3) is 0 Å². The maximum Gasteiger partial charge on any atom is 0.349 e. The molecule has 1 aliphatic carbocycles. The molecular weight excluding hydrogens is 248 g/mol. The quantitative estimate of drug-likeness (QED) is 0.851. The Morgan fingerprint density at radius 2 is 2.44 bits per heavy atom. The zero-order valence-electron chi connectivity index (χ0n) is 10.9. The molecule has 1 heterocycles. The van der Waals surface area contributed by atoms with Crippen LogP contribution in [0.4, 0.5) is 5.13 Å². The van der Waals surface area contributed by atoms with Gasteiger partial charge in [0.1, 0.15) is 4.88 Å². The third-order valence-corrected chi connectivity index (χ3v) is 4.49. The molecule has 2 unspecified atom stereocenters. The third-order valence-electron chi connectivity index (χ3n) is 3.58. The summed E-state index contributed by atoms with van der Waals surface area (Å²) in [7, 11) is 1.39. The van der Waals surface area contributed by atoms with Crippen molar-refractivity contribution in [2.45, 2.75) is 45.1 Å². The highest BCUT2D eigenvalue weighted by Gasteiger charge is 2.21. The second-order valence-corrected chi connectivity index (χ2v) is 5.83. The zero-order chi connectivity index (χ0) is 13.0. The molecule has 0 aromatic carbocycles. The van der Waals surface area contributed by atoms with E-state index in [-0.39, 0.29) is 5.97 Å². The van der Waals surface area contributed by atoms with Crippen LogP contribution in [0.1, 0.15) is 48.7 Å². The highest BCUT2D eigenvalue weighted by Crippen LogP contribution is 2.29. The van der Waals surface area contributed by atoms with Crippen LogP contribution in [0, 0.1) is 5.92 Å². The van der Waals surface area contributed by atoms with Crippen molar-refractivity contribution in [1.82, 2.24) is 4.98 Å². The summed E-state index contributed by atoms with van der Waals surface area (Å²) in [5.74, 6) is 0.520. The van der Waals surface area contributed by atoms with E-state index in [0.29, 0.717) is 10.9 Å². The SMILES string of the molecule is CCC1CCCC(Nc2ncc(C(=O)OC)s2)C1. The lowest BCUT2D eigenvalue weighted by molar-refractivity contribution is 0.0606. The van der Waals surface area contributed by atoms with Crippen LogP contribution in [0.25, 0.3) is 0 Å². The maximum atomic E-state index is 11.3. The van der Waals surface area contributed by atoms with Crippen LogP contribution in [-0.2, 0) is 4.74 Å². The first-order chi connectivity index (χ1) is 8.72. The summed E-state index contributed by atoms with van der Waals surface area (Å²) in [6.07, 6.45) is 7.88. The summed E-state index contributed by atoms with van der Waals surface area (Å²) in [6, 6.07) is 0.500. The normalized spacial score (nSPS) is 23.7. The average molecular weight is 268 g/mol. The molecule has 1 saturated carbocycles. The van der Waals surface area contributed by atoms with Gasteiger partial charge in [-0.15, -0.1) is 0 Å². The van der Waals surface area contributed by atoms with Crippen LogP contribution in [0.5, 0.6) is 0 Å². The Balaban J connectivity index is 1.92. The Bertz CT molecular complexity index is 405. The predicted octanol–water partition coefficient (Wildman–Crippen LogP) is 3.31. The molecule has 1 aliphatic rings. The van der Waals surface area contributed by atoms with Crippen LogP contribution in [0.2, 0.25) is 0 Å². The molecule has 0 radical (unpaired) electrons. The Labute approximate surface area is 112 Å². The third kappa shape index (κ3) is 3.22. The van der Waals surface area contributed by atoms with Crippen molar-refractivity contribution in [3.8, 4) is 0 Å². The smallest absolute Gasteiger partial charge is 0.349 e. The van der Waals surface area contributed by atoms with Gasteiger partial charge in [0.15, 0.2) is 5.13 Å². The van der Waals surface area contributed by atoms with E-state index in [4.69, 9.17) is 0 Å². The lowest BCUT2D eigenvalue weighted by atomic mass is 9.84. The Kier molecular flexibility index (Phi) is 4.58. The molecule has 4 nitrogen and oxygen atoms in total. The number of thiazole rings is 1. The number of hydrogen-bond donors (Lipinski definition) is 1. The summed E-state index contributed by atoms with van der Waals surface area (Å²) in [5.41, 5.74) is 0. The van der Waals surface area contributed by atoms with Crippen molar-refractivity contribution >= 4 is 22.4 Å². The van der Waals surface area contributed by atoms with Gasteiger partial charge >= 0.3 is 5.97 Å². The number of methoxy groups -OCH3 is 1. The number of ether oxygens (including phenoxy) is 1. The van der Waals surface area contributed by atoms with E-state index in [1.165, 1.54) is 50.6 Å². The molecule has 0 saturated heterocycles. The zero-order valence-corrected chi connectivity index (χ0v) is 11.8. The fraction of sp³-hybridized carbons (Fsp3) is 0.692. The lowest BCUT2D eigenvalue weighted by Gasteiger charge is -2.28. The van der Waals surface area contributed by atoms with Crippen molar-refractivity contribution in [1.29, 1.82) is 0 Å². The fourth-order valence-corrected chi connectivity index (χ4v) is 3.31. The number of anilines is 1. The highest BCUT2D eigenvalue weighted by atomic mass is 32.1. The van der Waals surface area contributed by atoms with Gasteiger partial charge in [0.2, 0.25) is 0 Å². The van der Waals surface area contributed by atoms with Crippen LogP contribution in [0.3, 0.4) is 0 Å². The number of esters is 1. The van der Waals surface area contributed by atoms with Gasteiger partial charge in [0.05, 0.1) is 13.3 Å². The molecule has 18 heavy (non-hydrogen) atoms. The average Bonchev–Trinajstić information content (AvgIpc) is 2.86. The number of carbonyl (C=O) groups is 1. The van der Waals surface area contributed by atoms with E-state index in [0.717, 1.165) is 11.0 Å².